The summed E-state index contributed by atoms with van der Waals surface area (Å²) in [5.41, 5.74) is 2.16. The molecule has 0 saturated carbocycles. The number of hydrogen-bond acceptors (Lipinski definition) is 3. The maximum atomic E-state index is 11.8. The second kappa shape index (κ2) is 10.1. The Morgan fingerprint density at radius 2 is 1.72 bits per heavy atom. The second-order valence-corrected chi connectivity index (χ2v) is 5.72. The minimum Gasteiger partial charge on any atom is -0.483 e. The lowest BCUT2D eigenvalue weighted by Crippen LogP contribution is -2.41. The molecular weight excluding hydrogens is 316 g/mol. The van der Waals surface area contributed by atoms with Crippen LogP contribution in [0, 0.1) is 0 Å². The molecule has 2 rings (SSSR count). The van der Waals surface area contributed by atoms with Crippen LogP contribution in [-0.2, 0) is 11.2 Å². The number of hydrogen-bond donors (Lipinski definition) is 2. The molecule has 0 atom stereocenters. The normalized spacial score (nSPS) is 10.1. The molecule has 0 radical (unpaired) electrons. The molecule has 0 unspecified atom stereocenters. The maximum Gasteiger partial charge on any atom is 0.321 e. The summed E-state index contributed by atoms with van der Waals surface area (Å²) in [6.45, 7) is 2.38. The van der Waals surface area contributed by atoms with Crippen molar-refractivity contribution in [1.29, 1.82) is 0 Å². The van der Waals surface area contributed by atoms with Crippen molar-refractivity contribution in [3.63, 3.8) is 0 Å². The van der Waals surface area contributed by atoms with Gasteiger partial charge >= 0.3 is 6.03 Å². The van der Waals surface area contributed by atoms with Crippen LogP contribution in [0.3, 0.4) is 0 Å². The molecule has 0 bridgehead atoms. The van der Waals surface area contributed by atoms with E-state index in [0.717, 1.165) is 24.8 Å². The van der Waals surface area contributed by atoms with Crippen LogP contribution in [0.4, 0.5) is 4.79 Å². The molecule has 0 aliphatic heterocycles. The molecule has 132 valence electrons. The molecular formula is C20H24N2O3. The number of unbranched alkanes of at least 4 members (excludes halogenated alkanes) is 1. The van der Waals surface area contributed by atoms with Crippen molar-refractivity contribution in [3.05, 3.63) is 65.7 Å². The van der Waals surface area contributed by atoms with Gasteiger partial charge in [-0.2, -0.15) is 0 Å². The largest absolute Gasteiger partial charge is 0.483 e. The lowest BCUT2D eigenvalue weighted by molar-refractivity contribution is -0.122. The van der Waals surface area contributed by atoms with Crippen LogP contribution in [0.1, 0.15) is 30.9 Å². The van der Waals surface area contributed by atoms with Gasteiger partial charge in [-0.1, -0.05) is 61.9 Å². The third kappa shape index (κ3) is 6.67. The molecule has 3 amide bonds. The first-order valence-corrected chi connectivity index (χ1v) is 8.51. The maximum absolute atomic E-state index is 11.8. The molecule has 0 heterocycles. The van der Waals surface area contributed by atoms with Crippen molar-refractivity contribution < 1.29 is 14.3 Å². The summed E-state index contributed by atoms with van der Waals surface area (Å²) in [6.07, 6.45) is 2.58. The number of urea groups is 1. The van der Waals surface area contributed by atoms with Crippen LogP contribution in [0.15, 0.2) is 54.6 Å². The number of nitrogens with one attached hydrogen (secondary N) is 2. The van der Waals surface area contributed by atoms with E-state index in [0.29, 0.717) is 12.3 Å². The van der Waals surface area contributed by atoms with E-state index in [-0.39, 0.29) is 6.61 Å². The minimum atomic E-state index is -0.486. The number of rotatable bonds is 8. The van der Waals surface area contributed by atoms with E-state index in [1.54, 1.807) is 0 Å². The van der Waals surface area contributed by atoms with Gasteiger partial charge in [-0.05, 0) is 23.6 Å². The minimum absolute atomic E-state index is 0.201. The molecule has 0 aliphatic rings. The zero-order valence-corrected chi connectivity index (χ0v) is 14.5. The summed E-state index contributed by atoms with van der Waals surface area (Å²) in [4.78, 5) is 23.4. The summed E-state index contributed by atoms with van der Waals surface area (Å²) < 4.78 is 5.61. The topological polar surface area (TPSA) is 67.4 Å². The Labute approximate surface area is 148 Å². The monoisotopic (exact) mass is 340 g/mol. The second-order valence-electron chi connectivity index (χ2n) is 5.72. The van der Waals surface area contributed by atoms with E-state index in [4.69, 9.17) is 4.74 Å². The van der Waals surface area contributed by atoms with E-state index in [1.165, 1.54) is 5.56 Å². The number of benzene rings is 2. The highest BCUT2D eigenvalue weighted by Gasteiger charge is 2.10. The Kier molecular flexibility index (Phi) is 7.50. The Bertz CT molecular complexity index is 686. The zero-order valence-electron chi connectivity index (χ0n) is 14.5. The Hall–Kier alpha value is -2.82. The SMILES string of the molecule is CCCCNC(=O)NC(=O)COc1ccccc1Cc1ccccc1. The molecule has 0 fully saturated rings. The van der Waals surface area contributed by atoms with E-state index < -0.39 is 11.9 Å². The number of amides is 3. The van der Waals surface area contributed by atoms with Crippen molar-refractivity contribution in [2.24, 2.45) is 0 Å². The summed E-state index contributed by atoms with van der Waals surface area (Å²) >= 11 is 0. The van der Waals surface area contributed by atoms with Gasteiger partial charge in [-0.3, -0.25) is 10.1 Å². The first kappa shape index (κ1) is 18.5. The molecule has 5 heteroatoms. The summed E-state index contributed by atoms with van der Waals surface area (Å²) in [5.74, 6) is 0.177. The van der Waals surface area contributed by atoms with E-state index >= 15 is 0 Å². The Morgan fingerprint density at radius 1 is 1.00 bits per heavy atom. The first-order valence-electron chi connectivity index (χ1n) is 8.51. The lowest BCUT2D eigenvalue weighted by Gasteiger charge is -2.12. The molecule has 0 aromatic heterocycles. The Balaban J connectivity index is 1.86. The van der Waals surface area contributed by atoms with Crippen LogP contribution in [0.2, 0.25) is 0 Å². The Morgan fingerprint density at radius 3 is 2.48 bits per heavy atom. The quantitative estimate of drug-likeness (QED) is 0.725. The van der Waals surface area contributed by atoms with Gasteiger partial charge in [0, 0.05) is 13.0 Å². The van der Waals surface area contributed by atoms with E-state index in [2.05, 4.69) is 10.6 Å². The van der Waals surface area contributed by atoms with Crippen LogP contribution in [-0.4, -0.2) is 25.1 Å². The van der Waals surface area contributed by atoms with Crippen molar-refractivity contribution in [3.8, 4) is 5.75 Å². The molecule has 25 heavy (non-hydrogen) atoms. The van der Waals surface area contributed by atoms with Crippen LogP contribution < -0.4 is 15.4 Å². The molecule has 5 nitrogen and oxygen atoms in total. The van der Waals surface area contributed by atoms with Gasteiger partial charge in [0.05, 0.1) is 0 Å². The highest BCUT2D eigenvalue weighted by molar-refractivity contribution is 5.94. The number of para-hydroxylation sites is 1. The van der Waals surface area contributed by atoms with Crippen LogP contribution in [0.5, 0.6) is 5.75 Å². The van der Waals surface area contributed by atoms with Gasteiger partial charge in [0.25, 0.3) is 5.91 Å². The van der Waals surface area contributed by atoms with Gasteiger partial charge < -0.3 is 10.1 Å². The third-order valence-electron chi connectivity index (χ3n) is 3.64. The first-order chi connectivity index (χ1) is 12.2. The molecule has 2 aromatic carbocycles. The predicted octanol–water partition coefficient (Wildman–Crippen LogP) is 3.28. The van der Waals surface area contributed by atoms with Crippen LogP contribution in [0.25, 0.3) is 0 Å². The number of carbonyl (C=O) groups is 2. The summed E-state index contributed by atoms with van der Waals surface area (Å²) in [6, 6.07) is 17.2. The fourth-order valence-corrected chi connectivity index (χ4v) is 2.34. The molecule has 0 saturated heterocycles. The van der Waals surface area contributed by atoms with E-state index in [1.807, 2.05) is 61.5 Å². The smallest absolute Gasteiger partial charge is 0.321 e. The summed E-state index contributed by atoms with van der Waals surface area (Å²) in [7, 11) is 0. The predicted molar refractivity (Wildman–Crippen MR) is 97.6 cm³/mol. The zero-order chi connectivity index (χ0) is 17.9. The van der Waals surface area contributed by atoms with Crippen LogP contribution >= 0.6 is 0 Å². The van der Waals surface area contributed by atoms with Gasteiger partial charge in [0.1, 0.15) is 5.75 Å². The standard InChI is InChI=1S/C20H24N2O3/c1-2-3-13-21-20(24)22-19(23)15-25-18-12-8-7-11-17(18)14-16-9-5-4-6-10-16/h4-12H,2-3,13-15H2,1H3,(H2,21,22,23,24). The number of carbonyl (C=O) groups excluding carboxylic acids is 2. The molecule has 0 spiro atoms. The molecule has 2 N–H and O–H groups in total. The molecule has 0 aliphatic carbocycles. The van der Waals surface area contributed by atoms with Crippen molar-refractivity contribution in [2.75, 3.05) is 13.2 Å². The van der Waals surface area contributed by atoms with Crippen molar-refractivity contribution >= 4 is 11.9 Å². The van der Waals surface area contributed by atoms with Crippen molar-refractivity contribution in [2.45, 2.75) is 26.2 Å². The van der Waals surface area contributed by atoms with Crippen molar-refractivity contribution in [1.82, 2.24) is 10.6 Å². The summed E-state index contributed by atoms with van der Waals surface area (Å²) in [5, 5.41) is 4.89. The molecule has 2 aromatic rings. The van der Waals surface area contributed by atoms with Gasteiger partial charge in [0.2, 0.25) is 0 Å². The number of ether oxygens (including phenoxy) is 1. The fraction of sp³-hybridized carbons (Fsp3) is 0.300. The van der Waals surface area contributed by atoms with E-state index in [9.17, 15) is 9.59 Å². The fourth-order valence-electron chi connectivity index (χ4n) is 2.34. The average molecular weight is 340 g/mol. The number of imide groups is 1. The van der Waals surface area contributed by atoms with Gasteiger partial charge in [0.15, 0.2) is 6.61 Å². The van der Waals surface area contributed by atoms with Gasteiger partial charge in [-0.25, -0.2) is 4.79 Å². The van der Waals surface area contributed by atoms with Gasteiger partial charge in [-0.15, -0.1) is 0 Å². The lowest BCUT2D eigenvalue weighted by atomic mass is 10.0. The third-order valence-corrected chi connectivity index (χ3v) is 3.64. The highest BCUT2D eigenvalue weighted by Crippen LogP contribution is 2.21. The average Bonchev–Trinajstić information content (AvgIpc) is 2.62. The highest BCUT2D eigenvalue weighted by atomic mass is 16.5.